The summed E-state index contributed by atoms with van der Waals surface area (Å²) in [5.74, 6) is -1.66. The highest BCUT2D eigenvalue weighted by atomic mass is 19.4. The molecule has 3 N–H and O–H groups in total. The molecule has 3 heterocycles. The number of nitrogens with two attached hydrogens (primary N) is 1. The highest BCUT2D eigenvalue weighted by Crippen LogP contribution is 2.29. The third-order valence-corrected chi connectivity index (χ3v) is 3.00. The van der Waals surface area contributed by atoms with Crippen molar-refractivity contribution in [1.82, 2.24) is 19.6 Å². The number of aromatic nitrogens is 4. The van der Waals surface area contributed by atoms with Crippen molar-refractivity contribution in [3.63, 3.8) is 0 Å². The van der Waals surface area contributed by atoms with Gasteiger partial charge in [-0.3, -0.25) is 10.4 Å². The molecule has 0 fully saturated rings. The van der Waals surface area contributed by atoms with Crippen molar-refractivity contribution in [2.45, 2.75) is 6.18 Å². The minimum Gasteiger partial charge on any atom is -0.384 e. The average molecular weight is 306 g/mol. The summed E-state index contributed by atoms with van der Waals surface area (Å²) in [4.78, 5) is 7.34. The molecule has 6 nitrogen and oxygen atoms in total. The molecule has 22 heavy (non-hydrogen) atoms. The number of nitrogens with one attached hydrogen (secondary N) is 1. The second-order valence-corrected chi connectivity index (χ2v) is 4.45. The van der Waals surface area contributed by atoms with E-state index < -0.39 is 12.0 Å². The van der Waals surface area contributed by atoms with Gasteiger partial charge in [0, 0.05) is 18.0 Å². The van der Waals surface area contributed by atoms with Crippen molar-refractivity contribution in [3.8, 4) is 11.3 Å². The van der Waals surface area contributed by atoms with E-state index in [2.05, 4.69) is 15.1 Å². The monoisotopic (exact) mass is 306 g/mol. The normalized spacial score (nSPS) is 11.8. The van der Waals surface area contributed by atoms with E-state index in [1.54, 1.807) is 12.1 Å². The van der Waals surface area contributed by atoms with Crippen molar-refractivity contribution in [3.05, 3.63) is 48.0 Å². The molecule has 3 aromatic rings. The molecule has 0 spiro atoms. The summed E-state index contributed by atoms with van der Waals surface area (Å²) in [5, 5.41) is 11.0. The molecule has 0 aliphatic carbocycles. The van der Waals surface area contributed by atoms with E-state index in [9.17, 15) is 13.2 Å². The van der Waals surface area contributed by atoms with E-state index >= 15 is 0 Å². The fourth-order valence-corrected chi connectivity index (χ4v) is 2.03. The van der Waals surface area contributed by atoms with Gasteiger partial charge >= 0.3 is 6.18 Å². The largest absolute Gasteiger partial charge is 0.453 e. The summed E-state index contributed by atoms with van der Waals surface area (Å²) in [5.41, 5.74) is 6.38. The van der Waals surface area contributed by atoms with Crippen LogP contribution in [0.3, 0.4) is 0 Å². The predicted octanol–water partition coefficient (Wildman–Crippen LogP) is 2.09. The molecule has 112 valence electrons. The summed E-state index contributed by atoms with van der Waals surface area (Å²) in [6.07, 6.45) is -1.65. The van der Waals surface area contributed by atoms with Crippen molar-refractivity contribution in [2.24, 2.45) is 5.73 Å². The van der Waals surface area contributed by atoms with Crippen molar-refractivity contribution in [1.29, 1.82) is 5.41 Å². The van der Waals surface area contributed by atoms with Gasteiger partial charge in [0.2, 0.25) is 0 Å². The molecule has 0 saturated carbocycles. The number of rotatable bonds is 2. The lowest BCUT2D eigenvalue weighted by atomic mass is 10.1. The zero-order valence-corrected chi connectivity index (χ0v) is 11.0. The van der Waals surface area contributed by atoms with E-state index in [0.717, 1.165) is 4.52 Å². The van der Waals surface area contributed by atoms with Gasteiger partial charge in [0.25, 0.3) is 5.82 Å². The van der Waals surface area contributed by atoms with Crippen LogP contribution in [0, 0.1) is 5.41 Å². The Bertz CT molecular complexity index is 853. The van der Waals surface area contributed by atoms with Crippen LogP contribution in [-0.4, -0.2) is 25.4 Å². The maximum Gasteiger partial charge on any atom is 0.453 e. The summed E-state index contributed by atoms with van der Waals surface area (Å²) in [6.45, 7) is 0. The zero-order valence-electron chi connectivity index (χ0n) is 11.0. The molecule has 0 saturated heterocycles. The van der Waals surface area contributed by atoms with Crippen LogP contribution in [0.2, 0.25) is 0 Å². The standard InChI is InChI=1S/C13H9F3N6/c14-13(15,16)12-20-11-8(10(17)18)1-2-9(22(11)21-12)7-3-5-19-6-4-7/h1-6H,(H3,17,18). The third-order valence-electron chi connectivity index (χ3n) is 3.00. The maximum atomic E-state index is 12.9. The first-order valence-corrected chi connectivity index (χ1v) is 6.09. The minimum atomic E-state index is -4.68. The van der Waals surface area contributed by atoms with Crippen LogP contribution in [0.5, 0.6) is 0 Å². The lowest BCUT2D eigenvalue weighted by Gasteiger charge is -2.06. The number of nitrogens with zero attached hydrogens (tertiary/aromatic N) is 4. The second kappa shape index (κ2) is 4.79. The lowest BCUT2D eigenvalue weighted by Crippen LogP contribution is -2.13. The van der Waals surface area contributed by atoms with Gasteiger partial charge in [-0.15, -0.1) is 5.10 Å². The topological polar surface area (TPSA) is 93.0 Å². The fraction of sp³-hybridized carbons (Fsp3) is 0.0769. The molecular weight excluding hydrogens is 297 g/mol. The summed E-state index contributed by atoms with van der Waals surface area (Å²) >= 11 is 0. The number of pyridine rings is 2. The number of alkyl halides is 3. The first-order valence-electron chi connectivity index (χ1n) is 6.09. The van der Waals surface area contributed by atoms with Crippen molar-refractivity contribution < 1.29 is 13.2 Å². The first-order chi connectivity index (χ1) is 10.4. The van der Waals surface area contributed by atoms with Gasteiger partial charge in [-0.05, 0) is 24.3 Å². The van der Waals surface area contributed by atoms with E-state index in [1.807, 2.05) is 0 Å². The van der Waals surface area contributed by atoms with Gasteiger partial charge in [-0.25, -0.2) is 9.50 Å². The molecule has 0 atom stereocenters. The zero-order chi connectivity index (χ0) is 15.9. The lowest BCUT2D eigenvalue weighted by molar-refractivity contribution is -0.144. The molecule has 0 unspecified atom stereocenters. The van der Waals surface area contributed by atoms with Gasteiger partial charge in [0.1, 0.15) is 5.84 Å². The molecule has 3 rings (SSSR count). The quantitative estimate of drug-likeness (QED) is 0.560. The molecule has 9 heteroatoms. The molecular formula is C13H9F3N6. The number of hydrogen-bond donors (Lipinski definition) is 2. The molecule has 0 aliphatic heterocycles. The molecule has 3 aromatic heterocycles. The number of nitrogen functional groups attached to an aromatic ring is 1. The molecule has 0 amide bonds. The Labute approximate surface area is 121 Å². The Balaban J connectivity index is 2.34. The van der Waals surface area contributed by atoms with Crippen LogP contribution in [0.15, 0.2) is 36.7 Å². The Kier molecular flexibility index (Phi) is 3.05. The SMILES string of the molecule is N=C(N)c1ccc(-c2ccncc2)n2nc(C(F)(F)F)nc12. The van der Waals surface area contributed by atoms with E-state index in [1.165, 1.54) is 24.5 Å². The Morgan fingerprint density at radius 1 is 1.14 bits per heavy atom. The summed E-state index contributed by atoms with van der Waals surface area (Å²) in [6, 6.07) is 6.25. The average Bonchev–Trinajstić information content (AvgIpc) is 2.92. The van der Waals surface area contributed by atoms with Gasteiger partial charge < -0.3 is 5.73 Å². The van der Waals surface area contributed by atoms with E-state index in [-0.39, 0.29) is 17.0 Å². The van der Waals surface area contributed by atoms with E-state index in [4.69, 9.17) is 11.1 Å². The van der Waals surface area contributed by atoms with Crippen molar-refractivity contribution in [2.75, 3.05) is 0 Å². The highest BCUT2D eigenvalue weighted by molar-refractivity contribution is 6.00. The molecule has 0 bridgehead atoms. The molecule has 0 aromatic carbocycles. The number of hydrogen-bond acceptors (Lipinski definition) is 4. The van der Waals surface area contributed by atoms with Crippen LogP contribution >= 0.6 is 0 Å². The van der Waals surface area contributed by atoms with Crippen LogP contribution in [0.1, 0.15) is 11.4 Å². The maximum absolute atomic E-state index is 12.9. The van der Waals surface area contributed by atoms with E-state index in [0.29, 0.717) is 11.3 Å². The van der Waals surface area contributed by atoms with Gasteiger partial charge in [0.05, 0.1) is 11.3 Å². The second-order valence-electron chi connectivity index (χ2n) is 4.45. The smallest absolute Gasteiger partial charge is 0.384 e. The number of halogens is 3. The summed E-state index contributed by atoms with van der Waals surface area (Å²) < 4.78 is 39.6. The Morgan fingerprint density at radius 3 is 2.41 bits per heavy atom. The first kappa shape index (κ1) is 14.0. The Hall–Kier alpha value is -2.97. The molecule has 0 radical (unpaired) electrons. The predicted molar refractivity (Wildman–Crippen MR) is 72.2 cm³/mol. The van der Waals surface area contributed by atoms with Crippen LogP contribution < -0.4 is 5.73 Å². The summed E-state index contributed by atoms with van der Waals surface area (Å²) in [7, 11) is 0. The van der Waals surface area contributed by atoms with Gasteiger partial charge in [-0.2, -0.15) is 13.2 Å². The number of amidine groups is 1. The van der Waals surface area contributed by atoms with Crippen LogP contribution in [0.4, 0.5) is 13.2 Å². The highest BCUT2D eigenvalue weighted by Gasteiger charge is 2.37. The van der Waals surface area contributed by atoms with Gasteiger partial charge in [0.15, 0.2) is 5.65 Å². The van der Waals surface area contributed by atoms with Crippen molar-refractivity contribution >= 4 is 11.5 Å². The molecule has 0 aliphatic rings. The van der Waals surface area contributed by atoms with Crippen LogP contribution in [0.25, 0.3) is 16.9 Å². The number of fused-ring (bicyclic) bond motifs is 1. The fourth-order valence-electron chi connectivity index (χ4n) is 2.03. The third kappa shape index (κ3) is 2.26. The Morgan fingerprint density at radius 2 is 1.82 bits per heavy atom. The van der Waals surface area contributed by atoms with Gasteiger partial charge in [-0.1, -0.05) is 0 Å². The van der Waals surface area contributed by atoms with Crippen LogP contribution in [-0.2, 0) is 6.18 Å². The minimum absolute atomic E-state index is 0.0841.